The summed E-state index contributed by atoms with van der Waals surface area (Å²) in [5.41, 5.74) is 3.34. The van der Waals surface area contributed by atoms with E-state index < -0.39 is 0 Å². The van der Waals surface area contributed by atoms with Crippen molar-refractivity contribution >= 4 is 52.4 Å². The summed E-state index contributed by atoms with van der Waals surface area (Å²) in [6, 6.07) is 18.8. The second-order valence-electron chi connectivity index (χ2n) is 10.5. The fourth-order valence-corrected chi connectivity index (χ4v) is 5.85. The summed E-state index contributed by atoms with van der Waals surface area (Å²) in [6.07, 6.45) is 0.695. The maximum Gasteiger partial charge on any atom is 0.262 e. The number of anilines is 1. The van der Waals surface area contributed by atoms with Gasteiger partial charge in [0, 0.05) is 41.1 Å². The van der Waals surface area contributed by atoms with Crippen LogP contribution in [0.1, 0.15) is 57.4 Å². The first-order chi connectivity index (χ1) is 20.1. The van der Waals surface area contributed by atoms with E-state index in [-0.39, 0.29) is 35.1 Å². The fraction of sp³-hybridized carbons (Fsp3) is 0.250. The fourth-order valence-electron chi connectivity index (χ4n) is 5.36. The van der Waals surface area contributed by atoms with Crippen LogP contribution in [0, 0.1) is 11.8 Å². The molecule has 1 aromatic heterocycles. The average Bonchev–Trinajstić information content (AvgIpc) is 2.98. The first kappa shape index (κ1) is 29.8. The van der Waals surface area contributed by atoms with Crippen LogP contribution in [0.5, 0.6) is 0 Å². The number of carbonyl (C=O) groups is 2. The Labute approximate surface area is 258 Å². The monoisotopic (exact) mass is 622 g/mol. The Morgan fingerprint density at radius 1 is 0.952 bits per heavy atom. The van der Waals surface area contributed by atoms with Crippen molar-refractivity contribution in [1.29, 1.82) is 0 Å². The van der Waals surface area contributed by atoms with Gasteiger partial charge in [0.1, 0.15) is 0 Å². The summed E-state index contributed by atoms with van der Waals surface area (Å²) in [7, 11) is 1.56. The molecule has 2 N–H and O–H groups in total. The lowest BCUT2D eigenvalue weighted by molar-refractivity contribution is 0.0868. The zero-order valence-electron chi connectivity index (χ0n) is 23.3. The number of aromatic nitrogens is 2. The molecule has 5 rings (SSSR count). The summed E-state index contributed by atoms with van der Waals surface area (Å²) >= 11 is 18.5. The molecule has 10 heteroatoms. The van der Waals surface area contributed by atoms with Crippen molar-refractivity contribution in [3.63, 3.8) is 0 Å². The lowest BCUT2D eigenvalue weighted by atomic mass is 9.75. The van der Waals surface area contributed by atoms with E-state index in [1.807, 2.05) is 32.0 Å². The lowest BCUT2D eigenvalue weighted by Gasteiger charge is -2.30. The normalized spacial score (nSPS) is 16.8. The summed E-state index contributed by atoms with van der Waals surface area (Å²) in [6.45, 7) is 3.92. The van der Waals surface area contributed by atoms with Crippen molar-refractivity contribution in [2.24, 2.45) is 11.8 Å². The minimum absolute atomic E-state index is 0.0655. The number of hydrogen-bond acceptors (Lipinski definition) is 5. The molecule has 0 saturated carbocycles. The molecule has 7 nitrogen and oxygen atoms in total. The number of nitrogens with zero attached hydrogens (tertiary/aromatic N) is 2. The van der Waals surface area contributed by atoms with Gasteiger partial charge in [-0.3, -0.25) is 14.4 Å². The van der Waals surface area contributed by atoms with Crippen molar-refractivity contribution in [2.45, 2.75) is 32.7 Å². The lowest BCUT2D eigenvalue weighted by Crippen LogP contribution is -2.37. The van der Waals surface area contributed by atoms with Crippen molar-refractivity contribution in [2.75, 3.05) is 12.4 Å². The van der Waals surface area contributed by atoms with Crippen LogP contribution in [0.3, 0.4) is 0 Å². The van der Waals surface area contributed by atoms with Gasteiger partial charge < -0.3 is 10.6 Å². The van der Waals surface area contributed by atoms with Crippen molar-refractivity contribution in [3.8, 4) is 5.69 Å². The standard InChI is InChI=1S/C32H29Cl3N4O3/c1-17-13-25-28(16-24(17)29(40)21-9-12-26(34)27(35)15-21)38-32(37-18(2)20-5-4-6-22(33)14-20)39(31(25)42)23-10-7-19(8-11-23)30(41)36-3/h4-12,14-15,17-18,24H,13,16H2,1-3H3,(H,36,41)(H,37,38)/t17-,18+,24?/m1/s1. The van der Waals surface area contributed by atoms with Gasteiger partial charge in [0.25, 0.3) is 11.5 Å². The molecule has 0 saturated heterocycles. The van der Waals surface area contributed by atoms with Gasteiger partial charge in [-0.25, -0.2) is 9.55 Å². The predicted octanol–water partition coefficient (Wildman–Crippen LogP) is 6.96. The van der Waals surface area contributed by atoms with Crippen molar-refractivity contribution in [1.82, 2.24) is 14.9 Å². The van der Waals surface area contributed by atoms with E-state index in [1.54, 1.807) is 55.6 Å². The van der Waals surface area contributed by atoms with Gasteiger partial charge in [0.15, 0.2) is 5.78 Å². The van der Waals surface area contributed by atoms with Crippen LogP contribution < -0.4 is 16.2 Å². The Morgan fingerprint density at radius 2 is 1.67 bits per heavy atom. The van der Waals surface area contributed by atoms with Crippen LogP contribution in [0.4, 0.5) is 5.95 Å². The second kappa shape index (κ2) is 12.3. The first-order valence-electron chi connectivity index (χ1n) is 13.6. The maximum atomic E-state index is 14.1. The van der Waals surface area contributed by atoms with E-state index in [4.69, 9.17) is 39.8 Å². The number of Topliss-reactive ketones (excluding diaryl/α,β-unsaturated/α-hetero) is 1. The Kier molecular flexibility index (Phi) is 8.73. The molecule has 42 heavy (non-hydrogen) atoms. The molecule has 0 spiro atoms. The smallest absolute Gasteiger partial charge is 0.262 e. The highest BCUT2D eigenvalue weighted by Gasteiger charge is 2.35. The van der Waals surface area contributed by atoms with Gasteiger partial charge in [-0.05, 0) is 79.4 Å². The van der Waals surface area contributed by atoms with E-state index in [0.717, 1.165) is 5.56 Å². The van der Waals surface area contributed by atoms with Gasteiger partial charge in [-0.15, -0.1) is 0 Å². The number of ketones is 1. The summed E-state index contributed by atoms with van der Waals surface area (Å²) < 4.78 is 1.53. The topological polar surface area (TPSA) is 93.1 Å². The molecule has 1 heterocycles. The summed E-state index contributed by atoms with van der Waals surface area (Å²) in [4.78, 5) is 44.8. The third-order valence-electron chi connectivity index (χ3n) is 7.74. The van der Waals surface area contributed by atoms with Crippen LogP contribution in [0.2, 0.25) is 15.1 Å². The number of fused-ring (bicyclic) bond motifs is 1. The number of amides is 1. The molecule has 0 fully saturated rings. The molecular formula is C32H29Cl3N4O3. The van der Waals surface area contributed by atoms with E-state index in [9.17, 15) is 14.4 Å². The van der Waals surface area contributed by atoms with Crippen LogP contribution >= 0.6 is 34.8 Å². The largest absolute Gasteiger partial charge is 0.355 e. The van der Waals surface area contributed by atoms with Crippen LogP contribution in [0.25, 0.3) is 5.69 Å². The average molecular weight is 624 g/mol. The highest BCUT2D eigenvalue weighted by molar-refractivity contribution is 6.42. The highest BCUT2D eigenvalue weighted by atomic mass is 35.5. The Morgan fingerprint density at radius 3 is 2.33 bits per heavy atom. The van der Waals surface area contributed by atoms with E-state index in [1.165, 1.54) is 4.57 Å². The van der Waals surface area contributed by atoms with Crippen molar-refractivity contribution < 1.29 is 9.59 Å². The zero-order valence-corrected chi connectivity index (χ0v) is 25.5. The molecule has 0 aliphatic heterocycles. The molecule has 4 aromatic rings. The van der Waals surface area contributed by atoms with Gasteiger partial charge >= 0.3 is 0 Å². The van der Waals surface area contributed by atoms with E-state index >= 15 is 0 Å². The van der Waals surface area contributed by atoms with Gasteiger partial charge in [0.05, 0.1) is 27.5 Å². The molecule has 0 radical (unpaired) electrons. The highest BCUT2D eigenvalue weighted by Crippen LogP contribution is 2.33. The molecule has 1 aliphatic carbocycles. The number of benzene rings is 3. The second-order valence-corrected chi connectivity index (χ2v) is 11.8. The summed E-state index contributed by atoms with van der Waals surface area (Å²) in [5, 5.41) is 7.29. The summed E-state index contributed by atoms with van der Waals surface area (Å²) in [5.74, 6) is -0.458. The van der Waals surface area contributed by atoms with E-state index in [0.29, 0.717) is 61.9 Å². The molecule has 3 atom stereocenters. The zero-order chi connectivity index (χ0) is 30.1. The molecule has 1 aliphatic rings. The van der Waals surface area contributed by atoms with Crippen LogP contribution in [-0.4, -0.2) is 28.3 Å². The molecule has 3 aromatic carbocycles. The maximum absolute atomic E-state index is 14.1. The molecule has 1 unspecified atom stereocenters. The predicted molar refractivity (Wildman–Crippen MR) is 168 cm³/mol. The van der Waals surface area contributed by atoms with Gasteiger partial charge in [-0.2, -0.15) is 0 Å². The van der Waals surface area contributed by atoms with Crippen molar-refractivity contribution in [3.05, 3.63) is 120 Å². The number of hydrogen-bond donors (Lipinski definition) is 2. The Hall–Kier alpha value is -3.65. The number of carbonyl (C=O) groups excluding carboxylic acids is 2. The third-order valence-corrected chi connectivity index (χ3v) is 8.71. The third kappa shape index (κ3) is 5.95. The quantitative estimate of drug-likeness (QED) is 0.217. The SMILES string of the molecule is CNC(=O)c1ccc(-n2c(N[C@@H](C)c3cccc(Cl)c3)nc3c(c2=O)C[C@@H](C)C(C(=O)c2ccc(Cl)c(Cl)c2)C3)cc1. The first-order valence-corrected chi connectivity index (χ1v) is 14.7. The minimum Gasteiger partial charge on any atom is -0.355 e. The number of halogens is 3. The molecule has 216 valence electrons. The van der Waals surface area contributed by atoms with E-state index in [2.05, 4.69) is 10.6 Å². The molecule has 1 amide bonds. The Balaban J connectivity index is 1.58. The molecule has 0 bridgehead atoms. The number of nitrogens with one attached hydrogen (secondary N) is 2. The number of rotatable bonds is 7. The Bertz CT molecular complexity index is 1740. The van der Waals surface area contributed by atoms with Crippen LogP contribution in [0.15, 0.2) is 71.5 Å². The van der Waals surface area contributed by atoms with Gasteiger partial charge in [-0.1, -0.05) is 53.9 Å². The molecular weight excluding hydrogens is 595 g/mol. The minimum atomic E-state index is -0.387. The van der Waals surface area contributed by atoms with Crippen LogP contribution in [-0.2, 0) is 12.8 Å². The van der Waals surface area contributed by atoms with Gasteiger partial charge in [0.2, 0.25) is 5.95 Å².